The van der Waals surface area contributed by atoms with Crippen molar-refractivity contribution in [3.8, 4) is 5.75 Å². The molecule has 0 saturated heterocycles. The summed E-state index contributed by atoms with van der Waals surface area (Å²) < 4.78 is 5.37. The molecule has 2 aromatic rings. The first kappa shape index (κ1) is 15.9. The van der Waals surface area contributed by atoms with Crippen LogP contribution in [-0.2, 0) is 0 Å². The van der Waals surface area contributed by atoms with E-state index in [1.54, 1.807) is 6.07 Å². The molecule has 1 N–H and O–H groups in total. The largest absolute Gasteiger partial charge is 0.506 e. The van der Waals surface area contributed by atoms with Crippen molar-refractivity contribution in [3.63, 3.8) is 0 Å². The van der Waals surface area contributed by atoms with E-state index in [2.05, 4.69) is 18.7 Å². The second-order valence-electron chi connectivity index (χ2n) is 5.10. The van der Waals surface area contributed by atoms with Crippen LogP contribution in [0.3, 0.4) is 0 Å². The van der Waals surface area contributed by atoms with E-state index in [4.69, 9.17) is 16.0 Å². The molecular formula is C16H20ClNO3. The van der Waals surface area contributed by atoms with Crippen LogP contribution in [-0.4, -0.2) is 23.1 Å². The van der Waals surface area contributed by atoms with Gasteiger partial charge in [0.2, 0.25) is 0 Å². The number of hydrogen-bond acceptors (Lipinski definition) is 4. The lowest BCUT2D eigenvalue weighted by Gasteiger charge is -2.27. The summed E-state index contributed by atoms with van der Waals surface area (Å²) in [5.41, 5.74) is 1.34. The number of rotatable bonds is 4. The quantitative estimate of drug-likeness (QED) is 0.871. The topological polar surface area (TPSA) is 53.7 Å². The lowest BCUT2D eigenvalue weighted by molar-refractivity contribution is 0.229. The van der Waals surface area contributed by atoms with E-state index in [1.807, 2.05) is 13.8 Å². The Morgan fingerprint density at radius 2 is 1.95 bits per heavy atom. The molecule has 1 aromatic heterocycles. The van der Waals surface area contributed by atoms with Crippen LogP contribution in [0.4, 0.5) is 0 Å². The van der Waals surface area contributed by atoms with Gasteiger partial charge in [0.15, 0.2) is 5.58 Å². The van der Waals surface area contributed by atoms with Crippen molar-refractivity contribution < 1.29 is 9.52 Å². The standard InChI is InChI=1S/C16H20ClNO3/c1-5-18(6-2)10(4)13-9(3)11-7-8-12(19)14(17)15(11)21-16(13)20/h7-8,10,19H,5-6H2,1-4H3. The predicted octanol–water partition coefficient (Wildman–Crippen LogP) is 3.86. The molecule has 4 nitrogen and oxygen atoms in total. The second-order valence-corrected chi connectivity index (χ2v) is 5.48. The van der Waals surface area contributed by atoms with Gasteiger partial charge in [0.25, 0.3) is 0 Å². The van der Waals surface area contributed by atoms with Crippen LogP contribution in [0.5, 0.6) is 5.75 Å². The number of nitrogens with zero attached hydrogens (tertiary/aromatic N) is 1. The molecule has 0 fully saturated rings. The number of aryl methyl sites for hydroxylation is 1. The summed E-state index contributed by atoms with van der Waals surface area (Å²) in [5.74, 6) is -0.0868. The molecule has 0 aliphatic heterocycles. The van der Waals surface area contributed by atoms with E-state index < -0.39 is 5.63 Å². The Morgan fingerprint density at radius 3 is 2.52 bits per heavy atom. The Balaban J connectivity index is 2.72. The first-order chi connectivity index (χ1) is 9.92. The molecule has 0 aliphatic rings. The number of benzene rings is 1. The molecule has 0 saturated carbocycles. The van der Waals surface area contributed by atoms with Crippen LogP contribution < -0.4 is 5.63 Å². The summed E-state index contributed by atoms with van der Waals surface area (Å²) in [7, 11) is 0. The van der Waals surface area contributed by atoms with Gasteiger partial charge in [-0.1, -0.05) is 25.4 Å². The average Bonchev–Trinajstić information content (AvgIpc) is 2.45. The smallest absolute Gasteiger partial charge is 0.341 e. The zero-order valence-electron chi connectivity index (χ0n) is 12.7. The molecule has 5 heteroatoms. The van der Waals surface area contributed by atoms with Crippen molar-refractivity contribution in [1.82, 2.24) is 4.90 Å². The molecule has 1 atom stereocenters. The van der Waals surface area contributed by atoms with Gasteiger partial charge < -0.3 is 9.52 Å². The molecule has 1 unspecified atom stereocenters. The third kappa shape index (κ3) is 2.65. The van der Waals surface area contributed by atoms with Gasteiger partial charge in [-0.2, -0.15) is 0 Å². The van der Waals surface area contributed by atoms with Crippen molar-refractivity contribution in [2.45, 2.75) is 33.7 Å². The van der Waals surface area contributed by atoms with Gasteiger partial charge in [-0.05, 0) is 44.6 Å². The van der Waals surface area contributed by atoms with Crippen LogP contribution in [0.25, 0.3) is 11.0 Å². The van der Waals surface area contributed by atoms with E-state index in [-0.39, 0.29) is 22.4 Å². The summed E-state index contributed by atoms with van der Waals surface area (Å²) in [5, 5.41) is 10.5. The lowest BCUT2D eigenvalue weighted by Crippen LogP contribution is -2.30. The maximum absolute atomic E-state index is 12.4. The third-order valence-electron chi connectivity index (χ3n) is 4.08. The number of fused-ring (bicyclic) bond motifs is 1. The van der Waals surface area contributed by atoms with Crippen LogP contribution in [0.1, 0.15) is 37.9 Å². The minimum atomic E-state index is -0.396. The molecule has 1 aromatic carbocycles. The SMILES string of the molecule is CCN(CC)C(C)c1c(C)c2ccc(O)c(Cl)c2oc1=O. The van der Waals surface area contributed by atoms with Gasteiger partial charge in [0.1, 0.15) is 10.8 Å². The number of aromatic hydroxyl groups is 1. The number of phenolic OH excluding ortho intramolecular Hbond substituents is 1. The van der Waals surface area contributed by atoms with Gasteiger partial charge in [-0.3, -0.25) is 4.90 Å². The fourth-order valence-corrected chi connectivity index (χ4v) is 3.03. The molecule has 21 heavy (non-hydrogen) atoms. The highest BCUT2D eigenvalue weighted by Gasteiger charge is 2.22. The molecule has 0 amide bonds. The minimum Gasteiger partial charge on any atom is -0.506 e. The Hall–Kier alpha value is -1.52. The summed E-state index contributed by atoms with van der Waals surface area (Å²) >= 11 is 6.03. The highest BCUT2D eigenvalue weighted by Crippen LogP contribution is 2.34. The summed E-state index contributed by atoms with van der Waals surface area (Å²) in [6, 6.07) is 3.21. The predicted molar refractivity (Wildman–Crippen MR) is 85.2 cm³/mol. The summed E-state index contributed by atoms with van der Waals surface area (Å²) in [4.78, 5) is 14.5. The van der Waals surface area contributed by atoms with Crippen molar-refractivity contribution >= 4 is 22.6 Å². The molecule has 0 spiro atoms. The molecule has 0 radical (unpaired) electrons. The van der Waals surface area contributed by atoms with Crippen LogP contribution >= 0.6 is 11.6 Å². The molecule has 0 bridgehead atoms. The normalized spacial score (nSPS) is 13.0. The lowest BCUT2D eigenvalue weighted by atomic mass is 10.00. The van der Waals surface area contributed by atoms with Gasteiger partial charge in [-0.25, -0.2) is 4.79 Å². The van der Waals surface area contributed by atoms with Gasteiger partial charge in [-0.15, -0.1) is 0 Å². The highest BCUT2D eigenvalue weighted by atomic mass is 35.5. The highest BCUT2D eigenvalue weighted by molar-refractivity contribution is 6.36. The van der Waals surface area contributed by atoms with Crippen LogP contribution in [0.2, 0.25) is 5.02 Å². The first-order valence-electron chi connectivity index (χ1n) is 7.11. The van der Waals surface area contributed by atoms with Crippen molar-refractivity contribution in [3.05, 3.63) is 38.7 Å². The van der Waals surface area contributed by atoms with Crippen molar-refractivity contribution in [2.75, 3.05) is 13.1 Å². The molecular weight excluding hydrogens is 290 g/mol. The van der Waals surface area contributed by atoms with E-state index >= 15 is 0 Å². The summed E-state index contributed by atoms with van der Waals surface area (Å²) in [6.45, 7) is 9.72. The van der Waals surface area contributed by atoms with E-state index in [1.165, 1.54) is 6.07 Å². The number of halogens is 1. The van der Waals surface area contributed by atoms with Gasteiger partial charge in [0, 0.05) is 11.4 Å². The van der Waals surface area contributed by atoms with Crippen LogP contribution in [0.15, 0.2) is 21.3 Å². The molecule has 114 valence electrons. The monoisotopic (exact) mass is 309 g/mol. The minimum absolute atomic E-state index is 0.0340. The maximum atomic E-state index is 12.4. The number of hydrogen-bond donors (Lipinski definition) is 1. The fourth-order valence-electron chi connectivity index (χ4n) is 2.82. The zero-order valence-corrected chi connectivity index (χ0v) is 13.5. The molecule has 0 aliphatic carbocycles. The van der Waals surface area contributed by atoms with E-state index in [0.29, 0.717) is 5.56 Å². The number of phenols is 1. The van der Waals surface area contributed by atoms with Crippen molar-refractivity contribution in [1.29, 1.82) is 0 Å². The van der Waals surface area contributed by atoms with Crippen LogP contribution in [0, 0.1) is 6.92 Å². The Morgan fingerprint density at radius 1 is 1.33 bits per heavy atom. The first-order valence-corrected chi connectivity index (χ1v) is 7.48. The van der Waals surface area contributed by atoms with Crippen molar-refractivity contribution in [2.24, 2.45) is 0 Å². The Kier molecular flexibility index (Phi) is 4.59. The molecule has 1 heterocycles. The average molecular weight is 310 g/mol. The second kappa shape index (κ2) is 6.08. The van der Waals surface area contributed by atoms with E-state index in [9.17, 15) is 9.90 Å². The Bertz CT molecular complexity index is 720. The van der Waals surface area contributed by atoms with Gasteiger partial charge in [0.05, 0.1) is 5.56 Å². The third-order valence-corrected chi connectivity index (χ3v) is 4.44. The summed E-state index contributed by atoms with van der Waals surface area (Å²) in [6.07, 6.45) is 0. The zero-order chi connectivity index (χ0) is 15.7. The van der Waals surface area contributed by atoms with E-state index in [0.717, 1.165) is 24.0 Å². The Labute approximate surface area is 128 Å². The van der Waals surface area contributed by atoms with Gasteiger partial charge >= 0.3 is 5.63 Å². The molecule has 2 rings (SSSR count). The maximum Gasteiger partial charge on any atom is 0.341 e. The fraction of sp³-hybridized carbons (Fsp3) is 0.438.